The maximum atomic E-state index is 8.13. The molecule has 0 aliphatic rings. The molecule has 0 aromatic heterocycles. The zero-order valence-electron chi connectivity index (χ0n) is 6.81. The molecule has 66 valence electrons. The molecule has 0 amide bonds. The Labute approximate surface area is 71.7 Å². The van der Waals surface area contributed by atoms with Gasteiger partial charge in [0.05, 0.1) is 6.61 Å². The Balaban J connectivity index is 2.41. The molecule has 0 unspecified atom stereocenters. The summed E-state index contributed by atoms with van der Waals surface area (Å²) >= 11 is 0. The van der Waals surface area contributed by atoms with E-state index < -0.39 is 0 Å². The molecule has 12 heavy (non-hydrogen) atoms. The van der Waals surface area contributed by atoms with Gasteiger partial charge in [0, 0.05) is 6.04 Å². The van der Waals surface area contributed by atoms with Crippen LogP contribution < -0.4 is 5.73 Å². The Morgan fingerprint density at radius 1 is 1.33 bits per heavy atom. The van der Waals surface area contributed by atoms with E-state index in [0.29, 0.717) is 0 Å². The molecule has 3 nitrogen and oxygen atoms in total. The molecule has 0 spiro atoms. The van der Waals surface area contributed by atoms with E-state index in [4.69, 9.17) is 11.0 Å². The molecule has 0 fully saturated rings. The summed E-state index contributed by atoms with van der Waals surface area (Å²) in [5, 5.41) is 8.13. The van der Waals surface area contributed by atoms with Gasteiger partial charge in [-0.15, -0.1) is 0 Å². The fourth-order valence-corrected chi connectivity index (χ4v) is 1.07. The number of benzene rings is 1. The van der Waals surface area contributed by atoms with Gasteiger partial charge in [-0.1, -0.05) is 30.3 Å². The van der Waals surface area contributed by atoms with Crippen molar-refractivity contribution in [2.24, 2.45) is 5.73 Å². The second-order valence-corrected chi connectivity index (χ2v) is 2.75. The van der Waals surface area contributed by atoms with Crippen LogP contribution in [0.1, 0.15) is 5.56 Å². The van der Waals surface area contributed by atoms with E-state index in [1.807, 2.05) is 30.3 Å². The molecule has 0 aliphatic heterocycles. The third-order valence-corrected chi connectivity index (χ3v) is 1.63. The lowest BCUT2D eigenvalue weighted by atomic mass is 10.1. The van der Waals surface area contributed by atoms with Gasteiger partial charge >= 0.3 is 0 Å². The Morgan fingerprint density at radius 2 is 2.00 bits per heavy atom. The Hall–Kier alpha value is -0.900. The van der Waals surface area contributed by atoms with Crippen LogP contribution in [0, 0.1) is 0 Å². The van der Waals surface area contributed by atoms with Gasteiger partial charge in [-0.2, -0.15) is 0 Å². The topological polar surface area (TPSA) is 55.5 Å². The van der Waals surface area contributed by atoms with E-state index in [-0.39, 0.29) is 12.6 Å². The van der Waals surface area contributed by atoms with E-state index in [1.165, 1.54) is 0 Å². The molecule has 1 aromatic rings. The molecule has 0 saturated carbocycles. The van der Waals surface area contributed by atoms with Crippen LogP contribution in [0.15, 0.2) is 30.3 Å². The molecule has 0 saturated heterocycles. The summed E-state index contributed by atoms with van der Waals surface area (Å²) in [6, 6.07) is 9.73. The van der Waals surface area contributed by atoms with E-state index in [0.717, 1.165) is 12.0 Å². The second kappa shape index (κ2) is 4.87. The number of rotatable bonds is 4. The molecule has 1 atom stereocenters. The van der Waals surface area contributed by atoms with Gasteiger partial charge in [0.25, 0.3) is 0 Å². The van der Waals surface area contributed by atoms with Crippen LogP contribution >= 0.6 is 0 Å². The minimum Gasteiger partial charge on any atom is -0.325 e. The van der Waals surface area contributed by atoms with Crippen molar-refractivity contribution in [2.75, 3.05) is 6.61 Å². The van der Waals surface area contributed by atoms with Crippen LogP contribution in [0.4, 0.5) is 0 Å². The minimum absolute atomic E-state index is 0.141. The van der Waals surface area contributed by atoms with Crippen LogP contribution in [0.2, 0.25) is 0 Å². The Morgan fingerprint density at radius 3 is 2.58 bits per heavy atom. The van der Waals surface area contributed by atoms with Crippen molar-refractivity contribution < 1.29 is 10.1 Å². The fourth-order valence-electron chi connectivity index (χ4n) is 1.07. The largest absolute Gasteiger partial charge is 0.325 e. The predicted molar refractivity (Wildman–Crippen MR) is 46.7 cm³/mol. The van der Waals surface area contributed by atoms with Crippen molar-refractivity contribution in [3.63, 3.8) is 0 Å². The quantitative estimate of drug-likeness (QED) is 0.520. The van der Waals surface area contributed by atoms with E-state index >= 15 is 0 Å². The maximum absolute atomic E-state index is 8.13. The van der Waals surface area contributed by atoms with Gasteiger partial charge in [0.2, 0.25) is 0 Å². The second-order valence-electron chi connectivity index (χ2n) is 2.75. The molecular formula is C9H13NO2. The first-order chi connectivity index (χ1) is 5.83. The molecular weight excluding hydrogens is 154 g/mol. The SMILES string of the molecule is N[C@@H](COO)Cc1ccccc1. The predicted octanol–water partition coefficient (Wildman–Crippen LogP) is 1.05. The zero-order chi connectivity index (χ0) is 8.81. The summed E-state index contributed by atoms with van der Waals surface area (Å²) in [6.07, 6.45) is 0.724. The van der Waals surface area contributed by atoms with Crippen LogP contribution in [0.3, 0.4) is 0 Å². The fraction of sp³-hybridized carbons (Fsp3) is 0.333. The lowest BCUT2D eigenvalue weighted by Gasteiger charge is -2.08. The summed E-state index contributed by atoms with van der Waals surface area (Å²) in [7, 11) is 0. The third kappa shape index (κ3) is 3.00. The first-order valence-corrected chi connectivity index (χ1v) is 3.89. The first-order valence-electron chi connectivity index (χ1n) is 3.89. The summed E-state index contributed by atoms with van der Waals surface area (Å²) in [4.78, 5) is 3.95. The van der Waals surface area contributed by atoms with Crippen molar-refractivity contribution >= 4 is 0 Å². The van der Waals surface area contributed by atoms with Crippen LogP contribution in [-0.4, -0.2) is 17.9 Å². The highest BCUT2D eigenvalue weighted by Gasteiger charge is 2.02. The van der Waals surface area contributed by atoms with Crippen molar-refractivity contribution in [3.05, 3.63) is 35.9 Å². The summed E-state index contributed by atoms with van der Waals surface area (Å²) in [5.41, 5.74) is 6.79. The van der Waals surface area contributed by atoms with E-state index in [9.17, 15) is 0 Å². The molecule has 0 bridgehead atoms. The zero-order valence-corrected chi connectivity index (χ0v) is 6.81. The molecule has 3 heteroatoms. The summed E-state index contributed by atoms with van der Waals surface area (Å²) in [5.74, 6) is 0. The Kier molecular flexibility index (Phi) is 3.73. The van der Waals surface area contributed by atoms with E-state index in [1.54, 1.807) is 0 Å². The molecule has 3 N–H and O–H groups in total. The summed E-state index contributed by atoms with van der Waals surface area (Å²) in [6.45, 7) is 0.175. The average molecular weight is 167 g/mol. The average Bonchev–Trinajstić information content (AvgIpc) is 2.06. The van der Waals surface area contributed by atoms with Crippen LogP contribution in [0.25, 0.3) is 0 Å². The van der Waals surface area contributed by atoms with Gasteiger partial charge in [0.15, 0.2) is 0 Å². The normalized spacial score (nSPS) is 12.8. The number of nitrogens with two attached hydrogens (primary N) is 1. The summed E-state index contributed by atoms with van der Waals surface area (Å²) < 4.78 is 0. The first kappa shape index (κ1) is 9.19. The van der Waals surface area contributed by atoms with Gasteiger partial charge in [0.1, 0.15) is 0 Å². The molecule has 0 aliphatic carbocycles. The van der Waals surface area contributed by atoms with Crippen LogP contribution in [0.5, 0.6) is 0 Å². The van der Waals surface area contributed by atoms with Gasteiger partial charge in [-0.25, -0.2) is 4.89 Å². The van der Waals surface area contributed by atoms with Crippen molar-refractivity contribution in [1.82, 2.24) is 0 Å². The molecule has 0 heterocycles. The molecule has 0 radical (unpaired) electrons. The third-order valence-electron chi connectivity index (χ3n) is 1.63. The number of hydrogen-bond donors (Lipinski definition) is 2. The lowest BCUT2D eigenvalue weighted by Crippen LogP contribution is -2.27. The molecule has 1 rings (SSSR count). The Bertz CT molecular complexity index is 213. The lowest BCUT2D eigenvalue weighted by molar-refractivity contribution is -0.245. The highest BCUT2D eigenvalue weighted by atomic mass is 17.1. The van der Waals surface area contributed by atoms with Crippen molar-refractivity contribution in [1.29, 1.82) is 0 Å². The van der Waals surface area contributed by atoms with Gasteiger partial charge in [-0.3, -0.25) is 5.26 Å². The van der Waals surface area contributed by atoms with Crippen molar-refractivity contribution in [3.8, 4) is 0 Å². The number of hydrogen-bond acceptors (Lipinski definition) is 3. The van der Waals surface area contributed by atoms with Gasteiger partial charge < -0.3 is 5.73 Å². The van der Waals surface area contributed by atoms with Crippen LogP contribution in [-0.2, 0) is 11.3 Å². The van der Waals surface area contributed by atoms with E-state index in [2.05, 4.69) is 4.89 Å². The molecule has 1 aromatic carbocycles. The standard InChI is InChI=1S/C9H13NO2/c10-9(7-12-11)6-8-4-2-1-3-5-8/h1-5,9,11H,6-7,10H2/t9-/m1/s1. The maximum Gasteiger partial charge on any atom is 0.0973 e. The monoisotopic (exact) mass is 167 g/mol. The van der Waals surface area contributed by atoms with Gasteiger partial charge in [-0.05, 0) is 12.0 Å². The van der Waals surface area contributed by atoms with Crippen molar-refractivity contribution in [2.45, 2.75) is 12.5 Å². The highest BCUT2D eigenvalue weighted by molar-refractivity contribution is 5.15. The smallest absolute Gasteiger partial charge is 0.0973 e. The highest BCUT2D eigenvalue weighted by Crippen LogP contribution is 2.01. The minimum atomic E-state index is -0.141.